The molecule has 0 unspecified atom stereocenters. The van der Waals surface area contributed by atoms with Crippen LogP contribution < -0.4 is 4.90 Å². The van der Waals surface area contributed by atoms with Gasteiger partial charge in [-0.15, -0.1) is 11.3 Å². The molecule has 2 heteroatoms. The fourth-order valence-corrected chi connectivity index (χ4v) is 8.57. The van der Waals surface area contributed by atoms with Crippen molar-refractivity contribution in [2.24, 2.45) is 0 Å². The monoisotopic (exact) mass is 593 g/mol. The van der Waals surface area contributed by atoms with E-state index in [1.807, 2.05) is 11.3 Å². The highest BCUT2D eigenvalue weighted by Crippen LogP contribution is 2.55. The number of anilines is 3. The van der Waals surface area contributed by atoms with Gasteiger partial charge in [0.15, 0.2) is 0 Å². The molecule has 7 aromatic carbocycles. The van der Waals surface area contributed by atoms with E-state index in [0.717, 1.165) is 17.1 Å². The van der Waals surface area contributed by atoms with Gasteiger partial charge in [0, 0.05) is 42.6 Å². The first-order valence-electron chi connectivity index (χ1n) is 15.6. The zero-order chi connectivity index (χ0) is 30.1. The van der Waals surface area contributed by atoms with Gasteiger partial charge in [-0.3, -0.25) is 0 Å². The number of nitrogens with zero attached hydrogens (tertiary/aromatic N) is 1. The minimum Gasteiger partial charge on any atom is -0.310 e. The van der Waals surface area contributed by atoms with Crippen molar-refractivity contribution in [2.75, 3.05) is 4.90 Å². The Bertz CT molecular complexity index is 2400. The molecule has 0 atom stereocenters. The number of benzene rings is 7. The van der Waals surface area contributed by atoms with Gasteiger partial charge in [0.05, 0.1) is 0 Å². The highest BCUT2D eigenvalue weighted by molar-refractivity contribution is 7.25. The molecular weight excluding hydrogens is 563 g/mol. The summed E-state index contributed by atoms with van der Waals surface area (Å²) in [6.45, 7) is 4.79. The Morgan fingerprint density at radius 2 is 1.18 bits per heavy atom. The lowest BCUT2D eigenvalue weighted by Gasteiger charge is -2.27. The minimum atomic E-state index is -0.0916. The first-order chi connectivity index (χ1) is 22.1. The molecule has 0 saturated heterocycles. The second-order valence-electron chi connectivity index (χ2n) is 12.6. The van der Waals surface area contributed by atoms with Crippen molar-refractivity contribution in [3.8, 4) is 22.3 Å². The topological polar surface area (TPSA) is 3.24 Å². The average molecular weight is 594 g/mol. The van der Waals surface area contributed by atoms with Crippen molar-refractivity contribution in [2.45, 2.75) is 19.3 Å². The molecule has 0 fully saturated rings. The maximum absolute atomic E-state index is 2.41. The Morgan fingerprint density at radius 3 is 2.02 bits per heavy atom. The summed E-state index contributed by atoms with van der Waals surface area (Å²) in [5, 5.41) is 5.31. The van der Waals surface area contributed by atoms with E-state index in [1.165, 1.54) is 64.3 Å². The van der Waals surface area contributed by atoms with E-state index < -0.39 is 0 Å². The quantitative estimate of drug-likeness (QED) is 0.196. The summed E-state index contributed by atoms with van der Waals surface area (Å²) in [4.78, 5) is 2.38. The van der Waals surface area contributed by atoms with Crippen molar-refractivity contribution in [1.29, 1.82) is 0 Å². The predicted octanol–water partition coefficient (Wildman–Crippen LogP) is 12.7. The van der Waals surface area contributed by atoms with Gasteiger partial charge < -0.3 is 4.90 Å². The Hall–Kier alpha value is -5.18. The highest BCUT2D eigenvalue weighted by Gasteiger charge is 2.38. The van der Waals surface area contributed by atoms with E-state index in [0.29, 0.717) is 0 Å². The highest BCUT2D eigenvalue weighted by atomic mass is 32.1. The molecule has 1 nitrogen and oxygen atoms in total. The first kappa shape index (κ1) is 26.2. The van der Waals surface area contributed by atoms with E-state index >= 15 is 0 Å². The number of hydrogen-bond donors (Lipinski definition) is 0. The van der Waals surface area contributed by atoms with E-state index in [9.17, 15) is 0 Å². The normalized spacial score (nSPS) is 13.3. The summed E-state index contributed by atoms with van der Waals surface area (Å²) in [7, 11) is 0. The fourth-order valence-electron chi connectivity index (χ4n) is 7.46. The van der Waals surface area contributed by atoms with Gasteiger partial charge in [0.25, 0.3) is 0 Å². The molecule has 0 aliphatic heterocycles. The van der Waals surface area contributed by atoms with Crippen molar-refractivity contribution in [3.05, 3.63) is 163 Å². The van der Waals surface area contributed by atoms with Crippen LogP contribution in [-0.2, 0) is 5.41 Å². The zero-order valence-corrected chi connectivity index (χ0v) is 26.1. The van der Waals surface area contributed by atoms with Crippen LogP contribution in [0.4, 0.5) is 17.1 Å². The SMILES string of the molecule is CC1(C)c2ccc(N(c3ccccc3)c3ccc(-c4ccc5ccccc5c4)cc3)cc2-c2ccc3sc4ccccc4c3c21. The number of thiophene rings is 1. The van der Waals surface area contributed by atoms with Crippen LogP contribution in [0.2, 0.25) is 0 Å². The summed E-state index contributed by atoms with van der Waals surface area (Å²) >= 11 is 1.90. The molecule has 1 aliphatic carbocycles. The smallest absolute Gasteiger partial charge is 0.0468 e. The van der Waals surface area contributed by atoms with Crippen LogP contribution in [0.1, 0.15) is 25.0 Å². The molecule has 0 radical (unpaired) electrons. The summed E-state index contributed by atoms with van der Waals surface area (Å²) in [6.07, 6.45) is 0. The third kappa shape index (κ3) is 4.06. The number of para-hydroxylation sites is 1. The second-order valence-corrected chi connectivity index (χ2v) is 13.7. The van der Waals surface area contributed by atoms with E-state index in [4.69, 9.17) is 0 Å². The standard InChI is InChI=1S/C43H31NS/c1-43(2)38-24-22-34(27-37(38)35-23-25-40-41(42(35)43)36-14-8-9-15-39(36)45-40)44(32-12-4-3-5-13-32)33-20-18-29(19-21-33)31-17-16-28-10-6-7-11-30(28)26-31/h3-27H,1-2H3. The summed E-state index contributed by atoms with van der Waals surface area (Å²) in [5.74, 6) is 0. The van der Waals surface area contributed by atoms with Gasteiger partial charge in [-0.2, -0.15) is 0 Å². The Balaban J connectivity index is 1.18. The Kier molecular flexibility index (Phi) is 5.78. The molecule has 0 spiro atoms. The molecule has 9 rings (SSSR count). The van der Waals surface area contributed by atoms with E-state index in [-0.39, 0.29) is 5.41 Å². The second kappa shape index (κ2) is 9.92. The van der Waals surface area contributed by atoms with Crippen molar-refractivity contribution in [1.82, 2.24) is 0 Å². The third-order valence-electron chi connectivity index (χ3n) is 9.62. The number of hydrogen-bond acceptors (Lipinski definition) is 2. The molecule has 0 N–H and O–H groups in total. The van der Waals surface area contributed by atoms with Crippen LogP contribution in [0.15, 0.2) is 152 Å². The lowest BCUT2D eigenvalue weighted by Crippen LogP contribution is -2.16. The molecule has 214 valence electrons. The molecular formula is C43H31NS. The van der Waals surface area contributed by atoms with Crippen LogP contribution in [0.3, 0.4) is 0 Å². The fraction of sp³-hybridized carbons (Fsp3) is 0.0698. The maximum atomic E-state index is 2.41. The molecule has 1 aliphatic rings. The van der Waals surface area contributed by atoms with Gasteiger partial charge in [0.1, 0.15) is 0 Å². The van der Waals surface area contributed by atoms with Crippen LogP contribution in [0.25, 0.3) is 53.2 Å². The molecule has 0 amide bonds. The van der Waals surface area contributed by atoms with E-state index in [1.54, 1.807) is 0 Å². The Labute approximate surface area is 267 Å². The summed E-state index contributed by atoms with van der Waals surface area (Å²) in [5.41, 5.74) is 11.3. The van der Waals surface area contributed by atoms with Gasteiger partial charge in [-0.05, 0) is 98.8 Å². The maximum Gasteiger partial charge on any atom is 0.0468 e. The molecule has 8 aromatic rings. The lowest BCUT2D eigenvalue weighted by molar-refractivity contribution is 0.667. The van der Waals surface area contributed by atoms with Crippen LogP contribution in [0.5, 0.6) is 0 Å². The van der Waals surface area contributed by atoms with Crippen LogP contribution in [-0.4, -0.2) is 0 Å². The van der Waals surface area contributed by atoms with Crippen LogP contribution in [0, 0.1) is 0 Å². The predicted molar refractivity (Wildman–Crippen MR) is 195 cm³/mol. The molecule has 1 heterocycles. The van der Waals surface area contributed by atoms with Crippen molar-refractivity contribution in [3.63, 3.8) is 0 Å². The largest absolute Gasteiger partial charge is 0.310 e. The molecule has 1 aromatic heterocycles. The average Bonchev–Trinajstić information content (AvgIpc) is 3.57. The molecule has 0 saturated carbocycles. The summed E-state index contributed by atoms with van der Waals surface area (Å²) < 4.78 is 2.73. The zero-order valence-electron chi connectivity index (χ0n) is 25.3. The van der Waals surface area contributed by atoms with E-state index in [2.05, 4.69) is 170 Å². The first-order valence-corrected chi connectivity index (χ1v) is 16.4. The van der Waals surface area contributed by atoms with Crippen LogP contribution >= 0.6 is 11.3 Å². The summed E-state index contributed by atoms with van der Waals surface area (Å²) in [6, 6.07) is 55.6. The Morgan fingerprint density at radius 1 is 0.489 bits per heavy atom. The third-order valence-corrected chi connectivity index (χ3v) is 10.8. The molecule has 45 heavy (non-hydrogen) atoms. The van der Waals surface area contributed by atoms with Gasteiger partial charge in [-0.1, -0.05) is 111 Å². The van der Waals surface area contributed by atoms with Crippen molar-refractivity contribution >= 4 is 59.3 Å². The lowest BCUT2D eigenvalue weighted by atomic mass is 9.80. The minimum absolute atomic E-state index is 0.0916. The van der Waals surface area contributed by atoms with Crippen molar-refractivity contribution < 1.29 is 0 Å². The number of rotatable bonds is 4. The number of fused-ring (bicyclic) bond motifs is 8. The van der Waals surface area contributed by atoms with Gasteiger partial charge in [0.2, 0.25) is 0 Å². The van der Waals surface area contributed by atoms with Gasteiger partial charge in [-0.25, -0.2) is 0 Å². The van der Waals surface area contributed by atoms with Gasteiger partial charge >= 0.3 is 0 Å². The molecule has 0 bridgehead atoms.